The van der Waals surface area contributed by atoms with Crippen LogP contribution in [0.1, 0.15) is 10.7 Å². The number of ether oxygens (including phenoxy) is 1. The Balaban J connectivity index is 1.63. The molecule has 0 spiro atoms. The maximum absolute atomic E-state index is 10.4. The molecule has 1 aromatic heterocycles. The van der Waals surface area contributed by atoms with E-state index in [4.69, 9.17) is 4.74 Å². The largest absolute Gasteiger partial charge is 0.379 e. The van der Waals surface area contributed by atoms with Crippen LogP contribution < -0.4 is 10.6 Å². The molecule has 0 unspecified atom stereocenters. The topological polar surface area (TPSA) is 92.6 Å². The molecule has 2 N–H and O–H groups in total. The summed E-state index contributed by atoms with van der Waals surface area (Å²) in [7, 11) is 1.65. The number of hydrogen-bond donors (Lipinski definition) is 2. The molecule has 0 radical (unpaired) electrons. The van der Waals surface area contributed by atoms with Gasteiger partial charge < -0.3 is 15.4 Å². The fourth-order valence-electron chi connectivity index (χ4n) is 2.18. The van der Waals surface area contributed by atoms with E-state index >= 15 is 0 Å². The van der Waals surface area contributed by atoms with E-state index in [2.05, 4.69) is 25.9 Å². The summed E-state index contributed by atoms with van der Waals surface area (Å²) in [5.41, 5.74) is 1.10. The van der Waals surface area contributed by atoms with Gasteiger partial charge in [0, 0.05) is 43.6 Å². The molecule has 2 heterocycles. The van der Waals surface area contributed by atoms with E-state index in [1.54, 1.807) is 30.1 Å². The van der Waals surface area contributed by atoms with E-state index < -0.39 is 4.92 Å². The molecule has 1 saturated heterocycles. The van der Waals surface area contributed by atoms with Gasteiger partial charge in [-0.3, -0.25) is 15.0 Å². The third-order valence-corrected chi connectivity index (χ3v) is 5.25. The number of hydrogen-bond acceptors (Lipinski definition) is 9. The number of rotatable bonds is 10. The van der Waals surface area contributed by atoms with Gasteiger partial charge in [-0.15, -0.1) is 11.3 Å². The second kappa shape index (κ2) is 10.5. The molecule has 8 nitrogen and oxygen atoms in total. The van der Waals surface area contributed by atoms with Gasteiger partial charge in [0.15, 0.2) is 5.82 Å². The van der Waals surface area contributed by atoms with Crippen LogP contribution in [0.5, 0.6) is 0 Å². The molecule has 0 aliphatic carbocycles. The Hall–Kier alpha value is -1.36. The summed E-state index contributed by atoms with van der Waals surface area (Å²) in [6.07, 6.45) is 0.934. The fourth-order valence-corrected chi connectivity index (χ4v) is 3.87. The van der Waals surface area contributed by atoms with Gasteiger partial charge in [0.05, 0.1) is 30.4 Å². The summed E-state index contributed by atoms with van der Waals surface area (Å²) in [6.45, 7) is 5.12. The minimum Gasteiger partial charge on any atom is -0.379 e. The molecule has 134 valence electrons. The Kier molecular flexibility index (Phi) is 8.29. The van der Waals surface area contributed by atoms with Crippen molar-refractivity contribution in [3.63, 3.8) is 0 Å². The lowest BCUT2D eigenvalue weighted by atomic mass is 10.4. The summed E-state index contributed by atoms with van der Waals surface area (Å²) < 4.78 is 5.35. The molecular formula is C14H23N5O3S2. The summed E-state index contributed by atoms with van der Waals surface area (Å²) in [4.78, 5) is 17.0. The van der Waals surface area contributed by atoms with Gasteiger partial charge in [-0.2, -0.15) is 11.8 Å². The zero-order valence-corrected chi connectivity index (χ0v) is 15.3. The molecule has 2 rings (SSSR count). The molecule has 10 heteroatoms. The number of nitro groups is 1. The van der Waals surface area contributed by atoms with Crippen molar-refractivity contribution in [1.82, 2.24) is 20.5 Å². The van der Waals surface area contributed by atoms with Crippen LogP contribution in [0.2, 0.25) is 0 Å². The third-order valence-electron chi connectivity index (χ3n) is 3.38. The van der Waals surface area contributed by atoms with E-state index in [-0.39, 0.29) is 0 Å². The molecule has 1 aliphatic rings. The number of thiazole rings is 1. The standard InChI is InChI=1S/C14H23N5O3S2/c1-15-13(8-19(20)21)16-2-7-23-10-12-11-24-14(17-12)9-18-3-5-22-6-4-18/h8,11,15-16H,2-7,9-10H2,1H3. The van der Waals surface area contributed by atoms with Crippen molar-refractivity contribution < 1.29 is 9.66 Å². The van der Waals surface area contributed by atoms with Crippen LogP contribution in [0.15, 0.2) is 17.4 Å². The summed E-state index contributed by atoms with van der Waals surface area (Å²) in [6, 6.07) is 0. The van der Waals surface area contributed by atoms with Gasteiger partial charge in [0.1, 0.15) is 5.01 Å². The van der Waals surface area contributed by atoms with Crippen LogP contribution >= 0.6 is 23.1 Å². The van der Waals surface area contributed by atoms with Crippen LogP contribution in [0, 0.1) is 10.1 Å². The Morgan fingerprint density at radius 2 is 2.38 bits per heavy atom. The van der Waals surface area contributed by atoms with Gasteiger partial charge in [-0.25, -0.2) is 4.98 Å². The number of aromatic nitrogens is 1. The van der Waals surface area contributed by atoms with E-state index in [0.717, 1.165) is 61.3 Å². The van der Waals surface area contributed by atoms with Gasteiger partial charge in [0.2, 0.25) is 0 Å². The number of nitrogens with zero attached hydrogens (tertiary/aromatic N) is 3. The van der Waals surface area contributed by atoms with Crippen LogP contribution in [0.4, 0.5) is 0 Å². The summed E-state index contributed by atoms with van der Waals surface area (Å²) in [5.74, 6) is 2.13. The quantitative estimate of drug-likeness (QED) is 0.358. The Bertz CT molecular complexity index is 546. The molecule has 24 heavy (non-hydrogen) atoms. The van der Waals surface area contributed by atoms with Crippen LogP contribution in [-0.4, -0.2) is 60.5 Å². The Morgan fingerprint density at radius 1 is 1.58 bits per heavy atom. The second-order valence-corrected chi connectivity index (χ2v) is 7.23. The Morgan fingerprint density at radius 3 is 3.08 bits per heavy atom. The lowest BCUT2D eigenvalue weighted by Gasteiger charge is -2.25. The fraction of sp³-hybridized carbons (Fsp3) is 0.643. The maximum Gasteiger partial charge on any atom is 0.274 e. The Labute approximate surface area is 149 Å². The number of morpholine rings is 1. The van der Waals surface area contributed by atoms with Crippen molar-refractivity contribution in [3.05, 3.63) is 38.2 Å². The average Bonchev–Trinajstić information content (AvgIpc) is 3.01. The third kappa shape index (κ3) is 7.04. The van der Waals surface area contributed by atoms with E-state index in [0.29, 0.717) is 12.4 Å². The normalized spacial score (nSPS) is 16.1. The van der Waals surface area contributed by atoms with Crippen LogP contribution in [0.25, 0.3) is 0 Å². The first-order chi connectivity index (χ1) is 11.7. The molecule has 0 atom stereocenters. The molecular weight excluding hydrogens is 350 g/mol. The predicted octanol–water partition coefficient (Wildman–Crippen LogP) is 1.09. The molecule has 1 aromatic rings. The molecule has 0 bridgehead atoms. The van der Waals surface area contributed by atoms with Crippen molar-refractivity contribution in [3.8, 4) is 0 Å². The first-order valence-electron chi connectivity index (χ1n) is 7.75. The molecule has 0 aromatic carbocycles. The lowest BCUT2D eigenvalue weighted by molar-refractivity contribution is -0.404. The van der Waals surface area contributed by atoms with Crippen molar-refractivity contribution in [2.45, 2.75) is 12.3 Å². The van der Waals surface area contributed by atoms with E-state index in [1.807, 2.05) is 0 Å². The predicted molar refractivity (Wildman–Crippen MR) is 96.5 cm³/mol. The lowest BCUT2D eigenvalue weighted by Crippen LogP contribution is -2.35. The van der Waals surface area contributed by atoms with Crippen molar-refractivity contribution >= 4 is 23.1 Å². The first kappa shape index (κ1) is 19.0. The van der Waals surface area contributed by atoms with E-state index in [1.165, 1.54) is 0 Å². The molecule has 0 amide bonds. The summed E-state index contributed by atoms with van der Waals surface area (Å²) >= 11 is 3.47. The smallest absolute Gasteiger partial charge is 0.274 e. The van der Waals surface area contributed by atoms with Crippen molar-refractivity contribution in [2.75, 3.05) is 45.6 Å². The minimum absolute atomic E-state index is 0.419. The highest BCUT2D eigenvalue weighted by Gasteiger charge is 2.12. The minimum atomic E-state index is -0.475. The van der Waals surface area contributed by atoms with Crippen molar-refractivity contribution in [1.29, 1.82) is 0 Å². The zero-order valence-electron chi connectivity index (χ0n) is 13.7. The monoisotopic (exact) mass is 373 g/mol. The number of nitrogens with one attached hydrogen (secondary N) is 2. The summed E-state index contributed by atoms with van der Waals surface area (Å²) in [5, 5.41) is 19.4. The maximum atomic E-state index is 10.4. The average molecular weight is 374 g/mol. The second-order valence-electron chi connectivity index (χ2n) is 5.18. The molecule has 1 aliphatic heterocycles. The van der Waals surface area contributed by atoms with Gasteiger partial charge in [0.25, 0.3) is 6.20 Å². The zero-order chi connectivity index (χ0) is 17.2. The highest BCUT2D eigenvalue weighted by atomic mass is 32.2. The molecule has 1 fully saturated rings. The first-order valence-corrected chi connectivity index (χ1v) is 9.79. The highest BCUT2D eigenvalue weighted by Crippen LogP contribution is 2.17. The van der Waals surface area contributed by atoms with Gasteiger partial charge in [-0.1, -0.05) is 0 Å². The molecule has 0 saturated carbocycles. The van der Waals surface area contributed by atoms with Crippen molar-refractivity contribution in [2.24, 2.45) is 0 Å². The number of thioether (sulfide) groups is 1. The SMILES string of the molecule is CNC(=C[N+](=O)[O-])NCCSCc1csc(CN2CCOCC2)n1. The van der Waals surface area contributed by atoms with Gasteiger partial charge >= 0.3 is 0 Å². The van der Waals surface area contributed by atoms with Gasteiger partial charge in [-0.05, 0) is 0 Å². The highest BCUT2D eigenvalue weighted by molar-refractivity contribution is 7.98. The van der Waals surface area contributed by atoms with Crippen LogP contribution in [0.3, 0.4) is 0 Å². The van der Waals surface area contributed by atoms with E-state index in [9.17, 15) is 10.1 Å². The van der Waals surface area contributed by atoms with Crippen LogP contribution in [-0.2, 0) is 17.0 Å².